The zero-order valence-corrected chi connectivity index (χ0v) is 16.4. The molecule has 0 saturated heterocycles. The summed E-state index contributed by atoms with van der Waals surface area (Å²) in [5.41, 5.74) is 4.28. The first-order valence-electron chi connectivity index (χ1n) is 9.05. The molecule has 2 heterocycles. The van der Waals surface area contributed by atoms with Crippen molar-refractivity contribution in [2.24, 2.45) is 5.10 Å². The van der Waals surface area contributed by atoms with Crippen LogP contribution in [0.3, 0.4) is 0 Å². The van der Waals surface area contributed by atoms with E-state index in [1.807, 2.05) is 55.4 Å². The zero-order chi connectivity index (χ0) is 19.7. The van der Waals surface area contributed by atoms with Crippen LogP contribution in [0.25, 0.3) is 5.69 Å². The lowest BCUT2D eigenvalue weighted by molar-refractivity contribution is 0.102. The second kappa shape index (κ2) is 7.48. The number of hydrazone groups is 1. The lowest BCUT2D eigenvalue weighted by Gasteiger charge is -2.13. The largest absolute Gasteiger partial charge is 0.305 e. The van der Waals surface area contributed by atoms with Crippen molar-refractivity contribution in [3.8, 4) is 5.69 Å². The third-order valence-electron chi connectivity index (χ3n) is 4.63. The van der Waals surface area contributed by atoms with Gasteiger partial charge in [-0.25, -0.2) is 4.68 Å². The van der Waals surface area contributed by atoms with Crippen LogP contribution in [-0.2, 0) is 0 Å². The number of para-hydroxylation sites is 1. The summed E-state index contributed by atoms with van der Waals surface area (Å²) in [5, 5.41) is 14.4. The van der Waals surface area contributed by atoms with Crippen LogP contribution >= 0.6 is 11.6 Å². The number of aryl methyl sites for hydroxylation is 1. The highest BCUT2D eigenvalue weighted by molar-refractivity contribution is 6.32. The number of hydrogen-bond donors (Lipinski definition) is 1. The summed E-state index contributed by atoms with van der Waals surface area (Å²) in [7, 11) is 0. The molecule has 1 aromatic heterocycles. The number of hydrogen-bond acceptors (Lipinski definition) is 4. The van der Waals surface area contributed by atoms with Gasteiger partial charge in [-0.05, 0) is 50.2 Å². The summed E-state index contributed by atoms with van der Waals surface area (Å²) in [6, 6.07) is 14.9. The van der Waals surface area contributed by atoms with Crippen LogP contribution in [0, 0.1) is 6.92 Å². The third-order valence-corrected chi connectivity index (χ3v) is 4.95. The minimum absolute atomic E-state index is 0.208. The second-order valence-electron chi connectivity index (χ2n) is 6.77. The molecule has 3 aromatic rings. The molecule has 1 N–H and O–H groups in total. The Bertz CT molecular complexity index is 1050. The Morgan fingerprint density at radius 3 is 2.54 bits per heavy atom. The topological polar surface area (TPSA) is 62.5 Å². The Balaban J connectivity index is 1.50. The summed E-state index contributed by atoms with van der Waals surface area (Å²) in [4.78, 5) is 12.6. The quantitative estimate of drug-likeness (QED) is 0.700. The van der Waals surface area contributed by atoms with Gasteiger partial charge in [-0.15, -0.1) is 5.10 Å². The second-order valence-corrected chi connectivity index (χ2v) is 7.17. The molecule has 0 fully saturated rings. The van der Waals surface area contributed by atoms with Gasteiger partial charge in [0.25, 0.3) is 5.91 Å². The first-order chi connectivity index (χ1) is 13.5. The van der Waals surface area contributed by atoms with Crippen LogP contribution in [-0.4, -0.2) is 27.9 Å². The average Bonchev–Trinajstić information content (AvgIpc) is 3.28. The van der Waals surface area contributed by atoms with E-state index in [1.54, 1.807) is 22.9 Å². The number of carbonyl (C=O) groups excluding carboxylic acids is 1. The minimum Gasteiger partial charge on any atom is -0.305 e. The Morgan fingerprint density at radius 1 is 1.11 bits per heavy atom. The summed E-state index contributed by atoms with van der Waals surface area (Å²) >= 11 is 6.24. The highest BCUT2D eigenvalue weighted by Crippen LogP contribution is 2.23. The van der Waals surface area contributed by atoms with E-state index in [1.165, 1.54) is 0 Å². The van der Waals surface area contributed by atoms with Crippen molar-refractivity contribution in [1.29, 1.82) is 0 Å². The van der Waals surface area contributed by atoms with Gasteiger partial charge < -0.3 is 5.32 Å². The van der Waals surface area contributed by atoms with Gasteiger partial charge in [-0.3, -0.25) is 9.80 Å². The molecule has 6 nitrogen and oxygen atoms in total. The maximum Gasteiger partial charge on any atom is 0.256 e. The van der Waals surface area contributed by atoms with Gasteiger partial charge in [0.15, 0.2) is 5.82 Å². The maximum atomic E-state index is 12.6. The number of halogens is 1. The molecule has 28 heavy (non-hydrogen) atoms. The SMILES string of the molecule is CC1=NN(c2ccc(C(=O)Nc3nn(-c4ccccc4Cl)cc3C)cc2)CC1. The molecule has 2 aromatic carbocycles. The highest BCUT2D eigenvalue weighted by Gasteiger charge is 2.15. The number of nitrogens with one attached hydrogen (secondary N) is 1. The van der Waals surface area contributed by atoms with Gasteiger partial charge in [0.05, 0.1) is 16.4 Å². The maximum absolute atomic E-state index is 12.6. The summed E-state index contributed by atoms with van der Waals surface area (Å²) in [6.45, 7) is 4.79. The first-order valence-corrected chi connectivity index (χ1v) is 9.43. The molecule has 1 aliphatic heterocycles. The van der Waals surface area contributed by atoms with Gasteiger partial charge in [-0.1, -0.05) is 23.7 Å². The van der Waals surface area contributed by atoms with Crippen molar-refractivity contribution in [2.45, 2.75) is 20.3 Å². The number of nitrogens with zero attached hydrogens (tertiary/aromatic N) is 4. The van der Waals surface area contributed by atoms with Crippen LogP contribution in [0.5, 0.6) is 0 Å². The number of rotatable bonds is 4. The van der Waals surface area contributed by atoms with Crippen molar-refractivity contribution in [2.75, 3.05) is 16.9 Å². The van der Waals surface area contributed by atoms with Crippen molar-refractivity contribution in [3.63, 3.8) is 0 Å². The van der Waals surface area contributed by atoms with Crippen LogP contribution in [0.1, 0.15) is 29.3 Å². The van der Waals surface area contributed by atoms with Gasteiger partial charge >= 0.3 is 0 Å². The van der Waals surface area contributed by atoms with E-state index in [9.17, 15) is 4.79 Å². The molecule has 0 radical (unpaired) electrons. The zero-order valence-electron chi connectivity index (χ0n) is 15.7. The van der Waals surface area contributed by atoms with Gasteiger partial charge in [0, 0.05) is 36.0 Å². The fourth-order valence-electron chi connectivity index (χ4n) is 3.07. The lowest BCUT2D eigenvalue weighted by atomic mass is 10.2. The number of amides is 1. The molecular weight excluding hydrogens is 374 g/mol. The summed E-state index contributed by atoms with van der Waals surface area (Å²) in [6.07, 6.45) is 2.81. The van der Waals surface area contributed by atoms with Gasteiger partial charge in [0.1, 0.15) is 0 Å². The standard InChI is InChI=1S/C21H20ClN5O/c1-14-13-27(19-6-4-3-5-18(19)22)25-20(14)23-21(28)16-7-9-17(10-8-16)26-12-11-15(2)24-26/h3-10,13H,11-12H2,1-2H3,(H,23,25,28). The average molecular weight is 394 g/mol. The monoisotopic (exact) mass is 393 g/mol. The molecule has 0 bridgehead atoms. The molecule has 0 spiro atoms. The normalized spacial score (nSPS) is 13.5. The molecule has 0 aliphatic carbocycles. The molecular formula is C21H20ClN5O. The number of carbonyl (C=O) groups is 1. The summed E-state index contributed by atoms with van der Waals surface area (Å²) < 4.78 is 1.67. The predicted molar refractivity (Wildman–Crippen MR) is 113 cm³/mol. The predicted octanol–water partition coefficient (Wildman–Crippen LogP) is 4.67. The lowest BCUT2D eigenvalue weighted by Crippen LogP contribution is -2.15. The van der Waals surface area contributed by atoms with Crippen LogP contribution in [0.15, 0.2) is 59.8 Å². The molecule has 0 atom stereocenters. The van der Waals surface area contributed by atoms with E-state index in [2.05, 4.69) is 15.5 Å². The molecule has 1 amide bonds. The Labute approximate surface area is 168 Å². The molecule has 0 unspecified atom stereocenters. The van der Waals surface area contributed by atoms with Gasteiger partial charge in [0.2, 0.25) is 0 Å². The van der Waals surface area contributed by atoms with E-state index < -0.39 is 0 Å². The number of aromatic nitrogens is 2. The van der Waals surface area contributed by atoms with Crippen LogP contribution in [0.2, 0.25) is 5.02 Å². The van der Waals surface area contributed by atoms with E-state index in [4.69, 9.17) is 11.6 Å². The Kier molecular flexibility index (Phi) is 4.88. The van der Waals surface area contributed by atoms with Crippen molar-refractivity contribution >= 4 is 34.7 Å². The smallest absolute Gasteiger partial charge is 0.256 e. The van der Waals surface area contributed by atoms with E-state index in [0.29, 0.717) is 16.4 Å². The fraction of sp³-hybridized carbons (Fsp3) is 0.190. The highest BCUT2D eigenvalue weighted by atomic mass is 35.5. The minimum atomic E-state index is -0.208. The number of anilines is 2. The van der Waals surface area contributed by atoms with Crippen molar-refractivity contribution in [3.05, 3.63) is 70.9 Å². The molecule has 0 saturated carbocycles. The Hall–Kier alpha value is -3.12. The van der Waals surface area contributed by atoms with Crippen LogP contribution < -0.4 is 10.3 Å². The van der Waals surface area contributed by atoms with Gasteiger partial charge in [-0.2, -0.15) is 5.10 Å². The molecule has 1 aliphatic rings. The summed E-state index contributed by atoms with van der Waals surface area (Å²) in [5.74, 6) is 0.300. The third kappa shape index (κ3) is 3.64. The van der Waals surface area contributed by atoms with Crippen molar-refractivity contribution in [1.82, 2.24) is 9.78 Å². The fourth-order valence-corrected chi connectivity index (χ4v) is 3.29. The molecule has 4 rings (SSSR count). The van der Waals surface area contributed by atoms with E-state index in [0.717, 1.165) is 35.6 Å². The molecule has 7 heteroatoms. The van der Waals surface area contributed by atoms with Crippen LogP contribution in [0.4, 0.5) is 11.5 Å². The Morgan fingerprint density at radius 2 is 1.86 bits per heavy atom. The van der Waals surface area contributed by atoms with Crippen molar-refractivity contribution < 1.29 is 4.79 Å². The van der Waals surface area contributed by atoms with E-state index in [-0.39, 0.29) is 5.91 Å². The molecule has 142 valence electrons. The number of benzene rings is 2. The van der Waals surface area contributed by atoms with E-state index >= 15 is 0 Å². The first kappa shape index (κ1) is 18.3.